The lowest BCUT2D eigenvalue weighted by Crippen LogP contribution is -2.61. The Morgan fingerprint density at radius 1 is 1.08 bits per heavy atom. The summed E-state index contributed by atoms with van der Waals surface area (Å²) in [6, 6.07) is 6.80. The van der Waals surface area contributed by atoms with E-state index < -0.39 is 89.6 Å². The van der Waals surface area contributed by atoms with Crippen LogP contribution < -0.4 is 0 Å². The molecule has 1 amide bonds. The number of ketones is 1. The van der Waals surface area contributed by atoms with E-state index in [9.17, 15) is 19.5 Å². The molecule has 1 aromatic heterocycles. The molecule has 61 heavy (non-hydrogen) atoms. The number of oxime groups is 1. The number of amides is 1. The quantitative estimate of drug-likeness (QED) is 0.253. The van der Waals surface area contributed by atoms with E-state index in [1.54, 1.807) is 36.3 Å². The Morgan fingerprint density at radius 2 is 1.85 bits per heavy atom. The van der Waals surface area contributed by atoms with Gasteiger partial charge in [-0.3, -0.25) is 14.5 Å². The molecule has 6 bridgehead atoms. The Balaban J connectivity index is 1.36. The van der Waals surface area contributed by atoms with Crippen LogP contribution in [-0.2, 0) is 49.5 Å². The molecule has 5 aliphatic heterocycles. The first-order valence-electron chi connectivity index (χ1n) is 21.8. The number of esters is 1. The lowest BCUT2D eigenvalue weighted by atomic mass is 9.73. The van der Waals surface area contributed by atoms with E-state index in [1.807, 2.05) is 90.2 Å². The summed E-state index contributed by atoms with van der Waals surface area (Å²) in [5.74, 6) is -3.98. The van der Waals surface area contributed by atoms with Crippen molar-refractivity contribution in [3.8, 4) is 10.6 Å². The van der Waals surface area contributed by atoms with Gasteiger partial charge in [0, 0.05) is 46.9 Å². The Kier molecular flexibility index (Phi) is 13.7. The molecule has 2 aromatic rings. The van der Waals surface area contributed by atoms with Gasteiger partial charge in [-0.05, 0) is 72.7 Å². The molecule has 6 heterocycles. The first-order chi connectivity index (χ1) is 28.9. The lowest BCUT2D eigenvalue weighted by molar-refractivity contribution is -0.302. The van der Waals surface area contributed by atoms with Crippen LogP contribution in [0.2, 0.25) is 0 Å². The van der Waals surface area contributed by atoms with E-state index in [0.29, 0.717) is 18.6 Å². The summed E-state index contributed by atoms with van der Waals surface area (Å²) in [4.78, 5) is 57.7. The second kappa shape index (κ2) is 18.3. The number of nitrogens with zero attached hydrogens (tertiary/aromatic N) is 4. The van der Waals surface area contributed by atoms with Crippen molar-refractivity contribution in [3.63, 3.8) is 0 Å². The molecule has 0 spiro atoms. The number of likely N-dealkylation sites (N-methyl/N-ethyl adjacent to an activating group) is 1. The van der Waals surface area contributed by atoms with Gasteiger partial charge in [-0.1, -0.05) is 51.0 Å². The van der Waals surface area contributed by atoms with Gasteiger partial charge in [-0.2, -0.15) is 0 Å². The van der Waals surface area contributed by atoms with Crippen LogP contribution in [0.25, 0.3) is 10.6 Å². The number of carbonyl (C=O) groups is 3. The number of fused-ring (bicyclic) bond motifs is 5. The zero-order valence-corrected chi connectivity index (χ0v) is 38.0. The average molecular weight is 869 g/mol. The maximum atomic E-state index is 14.9. The minimum Gasteiger partial charge on any atom is -0.458 e. The lowest BCUT2D eigenvalue weighted by Gasteiger charge is -2.48. The van der Waals surface area contributed by atoms with Gasteiger partial charge in [0.25, 0.3) is 0 Å². The predicted octanol–water partition coefficient (Wildman–Crippen LogP) is 5.72. The van der Waals surface area contributed by atoms with E-state index in [4.69, 9.17) is 38.4 Å². The molecule has 1 N–H and O–H groups in total. The van der Waals surface area contributed by atoms with Crippen LogP contribution in [-0.4, -0.2) is 137 Å². The molecule has 0 aliphatic carbocycles. The van der Waals surface area contributed by atoms with Gasteiger partial charge in [0.05, 0.1) is 61.3 Å². The fourth-order valence-corrected chi connectivity index (χ4v) is 11.2. The molecule has 15 atom stereocenters. The third kappa shape index (κ3) is 9.00. The molecule has 5 fully saturated rings. The highest BCUT2D eigenvalue weighted by atomic mass is 32.1. The van der Waals surface area contributed by atoms with E-state index in [1.165, 1.54) is 0 Å². The third-order valence-corrected chi connectivity index (χ3v) is 14.6. The van der Waals surface area contributed by atoms with Gasteiger partial charge in [0.1, 0.15) is 29.6 Å². The monoisotopic (exact) mass is 868 g/mol. The zero-order chi connectivity index (χ0) is 44.0. The minimum atomic E-state index is -1.39. The highest BCUT2D eigenvalue weighted by molar-refractivity contribution is 7.13. The summed E-state index contributed by atoms with van der Waals surface area (Å²) >= 11 is 1.54. The van der Waals surface area contributed by atoms with Crippen LogP contribution in [0.1, 0.15) is 80.2 Å². The molecular weight excluding hydrogens is 805 g/mol. The number of aliphatic hydroxyl groups excluding tert-OH is 1. The minimum absolute atomic E-state index is 0.0417. The van der Waals surface area contributed by atoms with Gasteiger partial charge >= 0.3 is 12.1 Å². The molecule has 336 valence electrons. The molecule has 5 aliphatic rings. The topological polar surface area (TPSA) is 168 Å². The number of hydrogen-bond donors (Lipinski definition) is 1. The van der Waals surface area contributed by atoms with Crippen molar-refractivity contribution in [3.05, 3.63) is 41.4 Å². The fourth-order valence-electron chi connectivity index (χ4n) is 10.5. The Hall–Kier alpha value is -3.51. The maximum absolute atomic E-state index is 14.9. The van der Waals surface area contributed by atoms with Crippen molar-refractivity contribution < 1.29 is 52.7 Å². The van der Waals surface area contributed by atoms with Crippen LogP contribution in [0.15, 0.2) is 41.0 Å². The van der Waals surface area contributed by atoms with Gasteiger partial charge in [0.2, 0.25) is 0 Å². The molecule has 7 rings (SSSR count). The largest absolute Gasteiger partial charge is 0.458 e. The summed E-state index contributed by atoms with van der Waals surface area (Å²) in [5.41, 5.74) is -0.311. The smallest absolute Gasteiger partial charge is 0.411 e. The van der Waals surface area contributed by atoms with Crippen molar-refractivity contribution >= 4 is 34.9 Å². The standard InChI is InChI=1S/C45H64N4O11S/c1-11-34-45(8)38-26(4)35(50)24(2)19-44(7)39(59-42-36(51)33(48(9)10)17-25(3)57-42)27(5)37(28(6)41(52)58-34)54-22-31(23-55-44)32(20-49(38)43(53)60-45)47-56-21-29-13-12-14-30(18-29)40-46-15-16-61-40/h12-16,18,24-28,31,33-34,36-39,42,51H,11,17,19-23H2,1-10H3/b47-32-/t24-,25-,26+,27+,28-,31?,33+,34-,36-,37+,38+,39-,42+,44?,45?/m1/s1. The second-order valence-electron chi connectivity index (χ2n) is 18.5. The summed E-state index contributed by atoms with van der Waals surface area (Å²) in [7, 11) is 3.83. The van der Waals surface area contributed by atoms with E-state index in [0.717, 1.165) is 16.1 Å². The number of rotatable bonds is 8. The Morgan fingerprint density at radius 3 is 2.56 bits per heavy atom. The average Bonchev–Trinajstić information content (AvgIpc) is 3.86. The van der Waals surface area contributed by atoms with Gasteiger partial charge in [0.15, 0.2) is 11.9 Å². The highest BCUT2D eigenvalue weighted by Gasteiger charge is 2.61. The maximum Gasteiger partial charge on any atom is 0.411 e. The van der Waals surface area contributed by atoms with Crippen LogP contribution in [0.3, 0.4) is 0 Å². The number of cyclic esters (lactones) is 1. The van der Waals surface area contributed by atoms with Crippen molar-refractivity contribution in [1.29, 1.82) is 0 Å². The summed E-state index contributed by atoms with van der Waals surface area (Å²) < 4.78 is 39.9. The number of aliphatic hydroxyl groups is 1. The number of carbonyl (C=O) groups excluding carboxylic acids is 3. The summed E-state index contributed by atoms with van der Waals surface area (Å²) in [6.07, 6.45) is -2.57. The van der Waals surface area contributed by atoms with Gasteiger partial charge in [-0.15, -0.1) is 11.3 Å². The predicted molar refractivity (Wildman–Crippen MR) is 226 cm³/mol. The molecule has 5 saturated heterocycles. The first-order valence-corrected chi connectivity index (χ1v) is 22.7. The number of benzene rings is 1. The Bertz CT molecular complexity index is 1920. The zero-order valence-electron chi connectivity index (χ0n) is 37.1. The molecule has 0 radical (unpaired) electrons. The van der Waals surface area contributed by atoms with Crippen LogP contribution in [0.5, 0.6) is 0 Å². The van der Waals surface area contributed by atoms with E-state index in [-0.39, 0.29) is 50.7 Å². The second-order valence-corrected chi connectivity index (χ2v) is 19.4. The van der Waals surface area contributed by atoms with Crippen LogP contribution in [0, 0.1) is 29.6 Å². The van der Waals surface area contributed by atoms with Gasteiger partial charge in [-0.25, -0.2) is 9.78 Å². The first kappa shape index (κ1) is 45.5. The SMILES string of the molecule is CC[C@H]1OC(=O)[C@H](C)[C@H]2OCC3COC(C)(C[C@@H](C)C(=O)[C@H](C)[C@@H]4N(C/C3=N/OCc3cccc(-c5nccs5)c3)C(=O)OC41C)[C@H](O[C@@H]1O[C@H](C)C[C@H](N(C)C)[C@H]1O)[C@H]2C. The summed E-state index contributed by atoms with van der Waals surface area (Å²) in [5, 5.41) is 19.3. The number of Topliss-reactive ketones (excluding diaryl/α,β-unsaturated/α-hetero) is 1. The van der Waals surface area contributed by atoms with Crippen LogP contribution in [0.4, 0.5) is 4.79 Å². The normalized spacial score (nSPS) is 40.5. The number of hydrogen-bond acceptors (Lipinski definition) is 15. The van der Waals surface area contributed by atoms with Crippen molar-refractivity contribution in [2.45, 2.75) is 141 Å². The van der Waals surface area contributed by atoms with Crippen LogP contribution >= 0.6 is 11.3 Å². The van der Waals surface area contributed by atoms with Crippen molar-refractivity contribution in [2.75, 3.05) is 33.9 Å². The number of ether oxygens (including phenoxy) is 6. The van der Waals surface area contributed by atoms with Gasteiger partial charge < -0.3 is 43.3 Å². The summed E-state index contributed by atoms with van der Waals surface area (Å²) in [6.45, 7) is 15.1. The van der Waals surface area contributed by atoms with Crippen molar-refractivity contribution in [1.82, 2.24) is 14.8 Å². The number of thiazole rings is 1. The molecule has 3 unspecified atom stereocenters. The fraction of sp³-hybridized carbons (Fsp3) is 0.711. The molecule has 16 heteroatoms. The number of aromatic nitrogens is 1. The highest BCUT2D eigenvalue weighted by Crippen LogP contribution is 2.45. The molecular formula is C45H64N4O11S. The Labute approximate surface area is 363 Å². The van der Waals surface area contributed by atoms with E-state index >= 15 is 0 Å². The molecule has 1 aromatic carbocycles. The van der Waals surface area contributed by atoms with Crippen molar-refractivity contribution in [2.24, 2.45) is 34.7 Å². The van der Waals surface area contributed by atoms with E-state index in [2.05, 4.69) is 4.98 Å². The third-order valence-electron chi connectivity index (χ3n) is 13.8. The molecule has 15 nitrogen and oxygen atoms in total. The molecule has 0 saturated carbocycles.